The summed E-state index contributed by atoms with van der Waals surface area (Å²) in [5, 5.41) is 9.95. The summed E-state index contributed by atoms with van der Waals surface area (Å²) in [7, 11) is 0. The maximum Gasteiger partial charge on any atom is 0.134 e. The number of hydrogen-bond acceptors (Lipinski definition) is 4. The molecule has 2 aromatic carbocycles. The molecule has 4 nitrogen and oxygen atoms in total. The fraction of sp³-hybridized carbons (Fsp3) is 0.407. The Hall–Kier alpha value is -2.43. The summed E-state index contributed by atoms with van der Waals surface area (Å²) in [6, 6.07) is 16.1. The molecule has 1 N–H and O–H groups in total. The van der Waals surface area contributed by atoms with Crippen LogP contribution in [0, 0.1) is 5.92 Å². The summed E-state index contributed by atoms with van der Waals surface area (Å²) < 4.78 is 0. The first-order chi connectivity index (χ1) is 15.4. The molecular weight excluding hydrogens is 418 g/mol. The highest BCUT2D eigenvalue weighted by Crippen LogP contribution is 2.24. The third-order valence-electron chi connectivity index (χ3n) is 5.53. The Kier molecular flexibility index (Phi) is 9.07. The first kappa shape index (κ1) is 24.2. The molecule has 170 valence electrons. The molecule has 0 bridgehead atoms. The molecule has 0 spiro atoms. The number of phenolic OH excluding ortho intramolecular Hbond substituents is 1. The van der Waals surface area contributed by atoms with Gasteiger partial charge in [-0.15, -0.1) is 0 Å². The van der Waals surface area contributed by atoms with Gasteiger partial charge < -0.3 is 5.11 Å². The Morgan fingerprint density at radius 2 is 1.81 bits per heavy atom. The number of aromatic hydroxyl groups is 1. The van der Waals surface area contributed by atoms with Gasteiger partial charge in [-0.2, -0.15) is 0 Å². The molecule has 0 aliphatic rings. The van der Waals surface area contributed by atoms with Gasteiger partial charge in [0.2, 0.25) is 0 Å². The van der Waals surface area contributed by atoms with Crippen LogP contribution in [0.4, 0.5) is 0 Å². The summed E-state index contributed by atoms with van der Waals surface area (Å²) >= 11 is 5.99. The predicted octanol–water partition coefficient (Wildman–Crippen LogP) is 6.55. The Balaban J connectivity index is 1.58. The molecule has 0 aliphatic heterocycles. The monoisotopic (exact) mass is 451 g/mol. The van der Waals surface area contributed by atoms with Crippen LogP contribution in [0.25, 0.3) is 11.3 Å². The molecule has 5 heteroatoms. The van der Waals surface area contributed by atoms with Crippen LogP contribution in [0.15, 0.2) is 54.7 Å². The van der Waals surface area contributed by atoms with E-state index in [1.807, 2.05) is 24.4 Å². The first-order valence-electron chi connectivity index (χ1n) is 11.6. The number of rotatable bonds is 11. The van der Waals surface area contributed by atoms with Gasteiger partial charge in [-0.1, -0.05) is 56.6 Å². The quantitative estimate of drug-likeness (QED) is 0.336. The van der Waals surface area contributed by atoms with Crippen molar-refractivity contribution in [3.63, 3.8) is 0 Å². The lowest BCUT2D eigenvalue weighted by atomic mass is 10.1. The smallest absolute Gasteiger partial charge is 0.134 e. The van der Waals surface area contributed by atoms with E-state index in [-0.39, 0.29) is 5.75 Å². The van der Waals surface area contributed by atoms with E-state index in [1.54, 1.807) is 6.07 Å². The van der Waals surface area contributed by atoms with Gasteiger partial charge in [-0.3, -0.25) is 4.90 Å². The molecule has 0 saturated carbocycles. The van der Waals surface area contributed by atoms with E-state index in [4.69, 9.17) is 16.6 Å². The third-order valence-corrected chi connectivity index (χ3v) is 5.84. The Morgan fingerprint density at radius 1 is 1.00 bits per heavy atom. The summed E-state index contributed by atoms with van der Waals surface area (Å²) in [6.07, 6.45) is 5.65. The Labute approximate surface area is 197 Å². The van der Waals surface area contributed by atoms with Gasteiger partial charge in [-0.25, -0.2) is 9.97 Å². The summed E-state index contributed by atoms with van der Waals surface area (Å²) in [5.41, 5.74) is 4.58. The zero-order valence-corrected chi connectivity index (χ0v) is 20.1. The van der Waals surface area contributed by atoms with E-state index in [0.29, 0.717) is 10.9 Å². The highest BCUT2D eigenvalue weighted by Gasteiger charge is 2.09. The van der Waals surface area contributed by atoms with Crippen LogP contribution < -0.4 is 0 Å². The molecule has 0 radical (unpaired) electrons. The second-order valence-electron chi connectivity index (χ2n) is 8.77. The number of halogens is 1. The van der Waals surface area contributed by atoms with E-state index in [1.165, 1.54) is 5.56 Å². The fourth-order valence-electron chi connectivity index (χ4n) is 3.91. The largest absolute Gasteiger partial charge is 0.506 e. The molecule has 0 unspecified atom stereocenters. The first-order valence-corrected chi connectivity index (χ1v) is 11.9. The van der Waals surface area contributed by atoms with Crippen LogP contribution in [0.1, 0.15) is 50.6 Å². The molecule has 1 aromatic heterocycles. The van der Waals surface area contributed by atoms with E-state index in [0.717, 1.165) is 68.0 Å². The molecule has 0 atom stereocenters. The van der Waals surface area contributed by atoms with Gasteiger partial charge in [0, 0.05) is 31.3 Å². The van der Waals surface area contributed by atoms with Gasteiger partial charge in [-0.05, 0) is 67.1 Å². The SMILES string of the molecule is CCN(Cc1cccc(-c2ccnc(CCCCc3ccc(O)c(Cl)c3)n2)c1)CC(C)C. The molecule has 3 aromatic rings. The van der Waals surface area contributed by atoms with Gasteiger partial charge in [0.25, 0.3) is 0 Å². The second-order valence-corrected chi connectivity index (χ2v) is 9.18. The number of benzene rings is 2. The number of hydrogen-bond donors (Lipinski definition) is 1. The maximum atomic E-state index is 9.54. The number of aryl methyl sites for hydroxylation is 2. The van der Waals surface area contributed by atoms with Crippen LogP contribution >= 0.6 is 11.6 Å². The van der Waals surface area contributed by atoms with Gasteiger partial charge in [0.1, 0.15) is 11.6 Å². The van der Waals surface area contributed by atoms with Crippen molar-refractivity contribution in [1.82, 2.24) is 14.9 Å². The van der Waals surface area contributed by atoms with Crippen molar-refractivity contribution in [2.45, 2.75) is 53.0 Å². The van der Waals surface area contributed by atoms with Crippen LogP contribution in [0.5, 0.6) is 5.75 Å². The van der Waals surface area contributed by atoms with Gasteiger partial charge in [0.15, 0.2) is 0 Å². The fourth-order valence-corrected chi connectivity index (χ4v) is 4.11. The second kappa shape index (κ2) is 12.0. The van der Waals surface area contributed by atoms with Gasteiger partial charge >= 0.3 is 0 Å². The normalized spacial score (nSPS) is 11.4. The lowest BCUT2D eigenvalue weighted by Crippen LogP contribution is -2.27. The van der Waals surface area contributed by atoms with E-state index in [2.05, 4.69) is 54.9 Å². The van der Waals surface area contributed by atoms with Crippen LogP contribution in [0.2, 0.25) is 5.02 Å². The average molecular weight is 452 g/mol. The van der Waals surface area contributed by atoms with Crippen molar-refractivity contribution < 1.29 is 5.11 Å². The topological polar surface area (TPSA) is 49.2 Å². The van der Waals surface area contributed by atoms with E-state index >= 15 is 0 Å². The van der Waals surface area contributed by atoms with Crippen molar-refractivity contribution in [1.29, 1.82) is 0 Å². The Bertz CT molecular complexity index is 1010. The highest BCUT2D eigenvalue weighted by atomic mass is 35.5. The number of phenols is 1. The summed E-state index contributed by atoms with van der Waals surface area (Å²) in [5.74, 6) is 1.67. The highest BCUT2D eigenvalue weighted by molar-refractivity contribution is 6.32. The zero-order chi connectivity index (χ0) is 22.9. The molecular formula is C27H34ClN3O. The van der Waals surface area contributed by atoms with E-state index in [9.17, 15) is 5.11 Å². The van der Waals surface area contributed by atoms with Crippen molar-refractivity contribution in [3.05, 3.63) is 76.7 Å². The van der Waals surface area contributed by atoms with Crippen LogP contribution in [-0.4, -0.2) is 33.1 Å². The molecule has 32 heavy (non-hydrogen) atoms. The van der Waals surface area contributed by atoms with Crippen molar-refractivity contribution >= 4 is 11.6 Å². The third kappa shape index (κ3) is 7.32. The molecule has 0 amide bonds. The number of unbranched alkanes of at least 4 members (excludes halogenated alkanes) is 1. The van der Waals surface area contributed by atoms with Crippen molar-refractivity contribution in [2.75, 3.05) is 13.1 Å². The number of nitrogens with zero attached hydrogens (tertiary/aromatic N) is 3. The lowest BCUT2D eigenvalue weighted by Gasteiger charge is -2.22. The molecule has 3 rings (SSSR count). The maximum absolute atomic E-state index is 9.54. The van der Waals surface area contributed by atoms with E-state index < -0.39 is 0 Å². The summed E-state index contributed by atoms with van der Waals surface area (Å²) in [4.78, 5) is 11.8. The van der Waals surface area contributed by atoms with Crippen LogP contribution in [0.3, 0.4) is 0 Å². The molecule has 0 aliphatic carbocycles. The van der Waals surface area contributed by atoms with Crippen LogP contribution in [-0.2, 0) is 19.4 Å². The minimum atomic E-state index is 0.132. The zero-order valence-electron chi connectivity index (χ0n) is 19.4. The van der Waals surface area contributed by atoms with Crippen molar-refractivity contribution in [2.24, 2.45) is 5.92 Å². The molecule has 0 saturated heterocycles. The minimum absolute atomic E-state index is 0.132. The standard InChI is InChI=1S/C27H34ClN3O/c1-4-31(18-20(2)3)19-22-9-7-10-23(16-22)25-14-15-29-27(30-25)11-6-5-8-21-12-13-26(32)24(28)17-21/h7,9-10,12-17,20,32H,4-6,8,11,18-19H2,1-3H3. The molecule has 0 fully saturated rings. The summed E-state index contributed by atoms with van der Waals surface area (Å²) in [6.45, 7) is 9.87. The average Bonchev–Trinajstić information content (AvgIpc) is 2.78. The number of aromatic nitrogens is 2. The van der Waals surface area contributed by atoms with Crippen molar-refractivity contribution in [3.8, 4) is 17.0 Å². The minimum Gasteiger partial charge on any atom is -0.506 e. The van der Waals surface area contributed by atoms with Gasteiger partial charge in [0.05, 0.1) is 10.7 Å². The lowest BCUT2D eigenvalue weighted by molar-refractivity contribution is 0.248. The Morgan fingerprint density at radius 3 is 2.56 bits per heavy atom. The molecule has 1 heterocycles. The predicted molar refractivity (Wildman–Crippen MR) is 133 cm³/mol.